The lowest BCUT2D eigenvalue weighted by molar-refractivity contribution is 0.865. The van der Waals surface area contributed by atoms with E-state index in [1.165, 1.54) is 11.1 Å². The predicted molar refractivity (Wildman–Crippen MR) is 108 cm³/mol. The van der Waals surface area contributed by atoms with Crippen molar-refractivity contribution in [2.75, 3.05) is 0 Å². The molecule has 26 heavy (non-hydrogen) atoms. The van der Waals surface area contributed by atoms with Crippen LogP contribution in [0.3, 0.4) is 0 Å². The molecule has 0 atom stereocenters. The van der Waals surface area contributed by atoms with Gasteiger partial charge in [0.05, 0.1) is 12.6 Å². The Labute approximate surface area is 155 Å². The summed E-state index contributed by atoms with van der Waals surface area (Å²) in [5.74, 6) is 0.766. The fourth-order valence-electron chi connectivity index (χ4n) is 3.31. The topological polar surface area (TPSA) is 28.1 Å². The number of allylic oxidation sites excluding steroid dienone is 1. The van der Waals surface area contributed by atoms with Crippen LogP contribution in [0.2, 0.25) is 0 Å². The molecule has 128 valence electrons. The fraction of sp³-hybridized carbons (Fsp3) is 0.250. The summed E-state index contributed by atoms with van der Waals surface area (Å²) in [6, 6.07) is 14.8. The third-order valence-corrected chi connectivity index (χ3v) is 4.92. The zero-order valence-corrected chi connectivity index (χ0v) is 15.7. The quantitative estimate of drug-likeness (QED) is 0.381. The first kappa shape index (κ1) is 17.7. The van der Waals surface area contributed by atoms with E-state index in [0.717, 1.165) is 27.8 Å². The molecular formula is C24H22N2. The van der Waals surface area contributed by atoms with Gasteiger partial charge in [0.15, 0.2) is 0 Å². The summed E-state index contributed by atoms with van der Waals surface area (Å²) in [7, 11) is 0. The van der Waals surface area contributed by atoms with E-state index in [2.05, 4.69) is 87.2 Å². The van der Waals surface area contributed by atoms with Crippen molar-refractivity contribution in [3.63, 3.8) is 0 Å². The van der Waals surface area contributed by atoms with Gasteiger partial charge in [-0.2, -0.15) is 0 Å². The van der Waals surface area contributed by atoms with Gasteiger partial charge in [0.1, 0.15) is 0 Å². The van der Waals surface area contributed by atoms with Crippen LogP contribution < -0.4 is 0 Å². The molecule has 0 bridgehead atoms. The fourth-order valence-corrected chi connectivity index (χ4v) is 3.31. The summed E-state index contributed by atoms with van der Waals surface area (Å²) < 4.78 is 0. The van der Waals surface area contributed by atoms with Gasteiger partial charge in [0, 0.05) is 5.57 Å². The Morgan fingerprint density at radius 3 is 1.69 bits per heavy atom. The second-order valence-corrected chi connectivity index (χ2v) is 7.28. The molecule has 3 rings (SSSR count). The first-order valence-corrected chi connectivity index (χ1v) is 8.94. The summed E-state index contributed by atoms with van der Waals surface area (Å²) in [6.45, 7) is 16.2. The first-order chi connectivity index (χ1) is 12.5. The van der Waals surface area contributed by atoms with Gasteiger partial charge in [-0.25, -0.2) is 10.1 Å². The van der Waals surface area contributed by atoms with Crippen LogP contribution in [0.4, 0.5) is 0 Å². The van der Waals surface area contributed by atoms with Crippen molar-refractivity contribution in [1.82, 2.24) is 0 Å². The smallest absolute Gasteiger partial charge is 0.226 e. The minimum absolute atomic E-state index is 0.151. The highest BCUT2D eigenvalue weighted by molar-refractivity contribution is 5.96. The molecule has 2 heteroatoms. The van der Waals surface area contributed by atoms with Crippen LogP contribution in [0.25, 0.3) is 22.6 Å². The number of hydrogen-bond acceptors (Lipinski definition) is 1. The molecule has 2 aromatic rings. The molecule has 0 radical (unpaired) electrons. The first-order valence-electron chi connectivity index (χ1n) is 8.94. The molecule has 1 aliphatic rings. The summed E-state index contributed by atoms with van der Waals surface area (Å²) in [6.07, 6.45) is 4.17. The van der Waals surface area contributed by atoms with Crippen LogP contribution in [0.1, 0.15) is 72.9 Å². The molecule has 2 nitrogen and oxygen atoms in total. The van der Waals surface area contributed by atoms with Gasteiger partial charge in [0.25, 0.3) is 5.70 Å². The molecule has 0 saturated carbocycles. The van der Waals surface area contributed by atoms with Crippen molar-refractivity contribution in [3.05, 3.63) is 86.9 Å². The molecule has 0 unspecified atom stereocenters. The van der Waals surface area contributed by atoms with E-state index < -0.39 is 0 Å². The summed E-state index contributed by atoms with van der Waals surface area (Å²) in [5.41, 5.74) is 7.35. The number of benzene rings is 2. The second kappa shape index (κ2) is 7.03. The van der Waals surface area contributed by atoms with E-state index in [4.69, 9.17) is 6.57 Å². The lowest BCUT2D eigenvalue weighted by Gasteiger charge is -2.17. The highest BCUT2D eigenvalue weighted by Crippen LogP contribution is 2.38. The summed E-state index contributed by atoms with van der Waals surface area (Å²) in [4.78, 5) is 3.56. The highest BCUT2D eigenvalue weighted by atomic mass is 14.7. The van der Waals surface area contributed by atoms with Crippen molar-refractivity contribution in [3.8, 4) is 6.07 Å². The third kappa shape index (κ3) is 3.07. The van der Waals surface area contributed by atoms with Crippen molar-refractivity contribution < 1.29 is 0 Å². The van der Waals surface area contributed by atoms with Crippen LogP contribution in [-0.2, 0) is 0 Å². The Kier molecular flexibility index (Phi) is 4.79. The van der Waals surface area contributed by atoms with Gasteiger partial charge in [-0.3, -0.25) is 0 Å². The zero-order chi connectivity index (χ0) is 18.8. The SMILES string of the molecule is [C-]#[N+]C(C#N)=C1c2cc(C(C)C)ccc2C=Cc2ccc(C(C)C)cc21. The van der Waals surface area contributed by atoms with E-state index in [1.54, 1.807) is 0 Å². The Morgan fingerprint density at radius 2 is 1.35 bits per heavy atom. The van der Waals surface area contributed by atoms with Gasteiger partial charge in [-0.1, -0.05) is 76.2 Å². The van der Waals surface area contributed by atoms with E-state index in [0.29, 0.717) is 11.8 Å². The Hall–Kier alpha value is -3.10. The van der Waals surface area contributed by atoms with Crippen LogP contribution in [0.5, 0.6) is 0 Å². The average Bonchev–Trinajstić information content (AvgIpc) is 2.79. The molecule has 1 aliphatic carbocycles. The normalized spacial score (nSPS) is 12.2. The van der Waals surface area contributed by atoms with E-state index in [-0.39, 0.29) is 5.70 Å². The Bertz CT molecular complexity index is 926. The molecule has 0 spiro atoms. The Balaban J connectivity index is 2.40. The van der Waals surface area contributed by atoms with E-state index >= 15 is 0 Å². The van der Waals surface area contributed by atoms with Gasteiger partial charge < -0.3 is 0 Å². The molecule has 0 amide bonds. The summed E-state index contributed by atoms with van der Waals surface area (Å²) >= 11 is 0. The molecule has 2 aromatic carbocycles. The van der Waals surface area contributed by atoms with Crippen LogP contribution in [-0.4, -0.2) is 0 Å². The molecule has 0 saturated heterocycles. The van der Waals surface area contributed by atoms with Gasteiger partial charge in [-0.15, -0.1) is 0 Å². The average molecular weight is 338 g/mol. The van der Waals surface area contributed by atoms with Crippen LogP contribution in [0.15, 0.2) is 42.1 Å². The number of rotatable bonds is 2. The molecule has 0 fully saturated rings. The molecule has 0 aliphatic heterocycles. The molecule has 0 aromatic heterocycles. The number of nitrogens with zero attached hydrogens (tertiary/aromatic N) is 2. The van der Waals surface area contributed by atoms with Crippen molar-refractivity contribution in [2.45, 2.75) is 39.5 Å². The largest absolute Gasteiger partial charge is 0.270 e. The van der Waals surface area contributed by atoms with Crippen LogP contribution in [0, 0.1) is 17.9 Å². The third-order valence-electron chi connectivity index (χ3n) is 4.92. The maximum absolute atomic E-state index is 9.64. The lowest BCUT2D eigenvalue weighted by Crippen LogP contribution is -1.99. The lowest BCUT2D eigenvalue weighted by atomic mass is 9.87. The maximum atomic E-state index is 9.64. The van der Waals surface area contributed by atoms with Crippen LogP contribution >= 0.6 is 0 Å². The van der Waals surface area contributed by atoms with Crippen molar-refractivity contribution in [1.29, 1.82) is 5.26 Å². The maximum Gasteiger partial charge on any atom is 0.270 e. The number of nitriles is 1. The van der Waals surface area contributed by atoms with E-state index in [1.807, 2.05) is 0 Å². The molecular weight excluding hydrogens is 316 g/mol. The monoisotopic (exact) mass is 338 g/mol. The van der Waals surface area contributed by atoms with Gasteiger partial charge in [-0.05, 0) is 45.2 Å². The Morgan fingerprint density at radius 1 is 0.885 bits per heavy atom. The standard InChI is InChI=1S/C24H22N2/c1-15(2)19-10-8-17-6-7-18-9-11-20(16(3)4)13-22(18)24(21(17)12-19)23(14-25)26-5/h6-13,15-16H,1-4H3. The molecule has 0 N–H and O–H groups in total. The number of hydrogen-bond donors (Lipinski definition) is 0. The number of fused-ring (bicyclic) bond motifs is 2. The van der Waals surface area contributed by atoms with Gasteiger partial charge >= 0.3 is 0 Å². The minimum atomic E-state index is 0.151. The van der Waals surface area contributed by atoms with Gasteiger partial charge in [0.2, 0.25) is 0 Å². The zero-order valence-electron chi connectivity index (χ0n) is 15.7. The highest BCUT2D eigenvalue weighted by Gasteiger charge is 2.21. The molecule has 0 heterocycles. The van der Waals surface area contributed by atoms with Crippen molar-refractivity contribution in [2.24, 2.45) is 0 Å². The predicted octanol–water partition coefficient (Wildman–Crippen LogP) is 6.62. The van der Waals surface area contributed by atoms with Crippen molar-refractivity contribution >= 4 is 17.7 Å². The van der Waals surface area contributed by atoms with E-state index in [9.17, 15) is 5.26 Å². The summed E-state index contributed by atoms with van der Waals surface area (Å²) in [5, 5.41) is 9.64. The minimum Gasteiger partial charge on any atom is -0.226 e. The second-order valence-electron chi connectivity index (χ2n) is 7.28.